The van der Waals surface area contributed by atoms with E-state index in [4.69, 9.17) is 4.74 Å². The average Bonchev–Trinajstić information content (AvgIpc) is 2.83. The smallest absolute Gasteiger partial charge is 0.338 e. The van der Waals surface area contributed by atoms with Crippen LogP contribution in [0, 0.1) is 11.3 Å². The van der Waals surface area contributed by atoms with Gasteiger partial charge in [0, 0.05) is 0 Å². The van der Waals surface area contributed by atoms with Gasteiger partial charge in [-0.3, -0.25) is 0 Å². The first-order valence-electron chi connectivity index (χ1n) is 9.25. The first kappa shape index (κ1) is 17.8. The van der Waals surface area contributed by atoms with Gasteiger partial charge in [-0.25, -0.2) is 4.79 Å². The van der Waals surface area contributed by atoms with Crippen molar-refractivity contribution in [3.63, 3.8) is 0 Å². The van der Waals surface area contributed by atoms with Crippen LogP contribution in [0.15, 0.2) is 47.1 Å². The summed E-state index contributed by atoms with van der Waals surface area (Å²) >= 11 is 0. The standard InChI is InChI=1S/C22H28O3/c1-15(2)19-11-13-22(3)12-10-16(4-9-20(19)22)14-25-21(24)17-5-7-18(23)8-6-17/h5-8,10,15,23H,4,9,11-14H2,1-3H3/t22-/m1/s1. The van der Waals surface area contributed by atoms with Crippen LogP contribution in [0.1, 0.15) is 63.2 Å². The lowest BCUT2D eigenvalue weighted by molar-refractivity contribution is 0.0537. The van der Waals surface area contributed by atoms with E-state index in [9.17, 15) is 9.90 Å². The van der Waals surface area contributed by atoms with Gasteiger partial charge in [0.05, 0.1) is 5.56 Å². The highest BCUT2D eigenvalue weighted by Gasteiger charge is 2.37. The fourth-order valence-corrected chi connectivity index (χ4v) is 4.15. The number of aromatic hydroxyl groups is 1. The van der Waals surface area contributed by atoms with Crippen LogP contribution in [-0.2, 0) is 4.74 Å². The molecule has 0 fully saturated rings. The van der Waals surface area contributed by atoms with E-state index in [1.54, 1.807) is 23.3 Å². The number of ether oxygens (including phenoxy) is 1. The fraction of sp³-hybridized carbons (Fsp3) is 0.500. The van der Waals surface area contributed by atoms with E-state index in [-0.39, 0.29) is 11.7 Å². The molecule has 0 saturated heterocycles. The van der Waals surface area contributed by atoms with Gasteiger partial charge in [-0.1, -0.05) is 38.0 Å². The van der Waals surface area contributed by atoms with E-state index in [0.717, 1.165) is 19.3 Å². The second kappa shape index (κ2) is 7.07. The van der Waals surface area contributed by atoms with E-state index in [1.165, 1.54) is 30.5 Å². The quantitative estimate of drug-likeness (QED) is 0.588. The van der Waals surface area contributed by atoms with Gasteiger partial charge in [-0.2, -0.15) is 0 Å². The van der Waals surface area contributed by atoms with Crippen molar-refractivity contribution in [2.45, 2.75) is 52.9 Å². The maximum atomic E-state index is 12.1. The number of carbonyl (C=O) groups is 1. The molecule has 0 heterocycles. The summed E-state index contributed by atoms with van der Waals surface area (Å²) in [5.74, 6) is 0.446. The van der Waals surface area contributed by atoms with Crippen molar-refractivity contribution in [3.05, 3.63) is 52.6 Å². The Labute approximate surface area is 150 Å². The van der Waals surface area contributed by atoms with Gasteiger partial charge in [-0.05, 0) is 73.3 Å². The molecule has 0 bridgehead atoms. The van der Waals surface area contributed by atoms with Crippen LogP contribution in [0.5, 0.6) is 5.75 Å². The molecule has 0 unspecified atom stereocenters. The monoisotopic (exact) mass is 340 g/mol. The molecule has 0 aliphatic heterocycles. The molecule has 1 atom stereocenters. The second-order valence-electron chi connectivity index (χ2n) is 7.91. The van der Waals surface area contributed by atoms with Crippen molar-refractivity contribution in [2.24, 2.45) is 11.3 Å². The number of fused-ring (bicyclic) bond motifs is 1. The van der Waals surface area contributed by atoms with Crippen LogP contribution < -0.4 is 0 Å². The number of phenols is 1. The van der Waals surface area contributed by atoms with Crippen LogP contribution in [0.25, 0.3) is 0 Å². The van der Waals surface area contributed by atoms with Gasteiger partial charge in [0.1, 0.15) is 12.4 Å². The van der Waals surface area contributed by atoms with Gasteiger partial charge >= 0.3 is 5.97 Å². The molecule has 3 nitrogen and oxygen atoms in total. The minimum absolute atomic E-state index is 0.150. The zero-order chi connectivity index (χ0) is 18.0. The lowest BCUT2D eigenvalue weighted by Crippen LogP contribution is -2.14. The molecule has 25 heavy (non-hydrogen) atoms. The Balaban J connectivity index is 1.64. The Bertz CT molecular complexity index is 709. The third kappa shape index (κ3) is 3.81. The van der Waals surface area contributed by atoms with E-state index >= 15 is 0 Å². The summed E-state index contributed by atoms with van der Waals surface area (Å²) in [5, 5.41) is 9.30. The molecule has 1 aromatic carbocycles. The molecule has 3 heteroatoms. The maximum Gasteiger partial charge on any atom is 0.338 e. The maximum absolute atomic E-state index is 12.1. The molecular formula is C22H28O3. The van der Waals surface area contributed by atoms with Gasteiger partial charge in [0.2, 0.25) is 0 Å². The highest BCUT2D eigenvalue weighted by molar-refractivity contribution is 5.89. The van der Waals surface area contributed by atoms with E-state index < -0.39 is 0 Å². The number of carbonyl (C=O) groups excluding carboxylic acids is 1. The fourth-order valence-electron chi connectivity index (χ4n) is 4.15. The van der Waals surface area contributed by atoms with Crippen molar-refractivity contribution in [1.82, 2.24) is 0 Å². The summed E-state index contributed by atoms with van der Waals surface area (Å²) in [4.78, 5) is 12.1. The van der Waals surface area contributed by atoms with Crippen LogP contribution in [0.3, 0.4) is 0 Å². The number of benzene rings is 1. The average molecular weight is 340 g/mol. The highest BCUT2D eigenvalue weighted by Crippen LogP contribution is 2.51. The predicted octanol–water partition coefficient (Wildman–Crippen LogP) is 5.41. The Hall–Kier alpha value is -2.03. The van der Waals surface area contributed by atoms with Crippen LogP contribution >= 0.6 is 0 Å². The van der Waals surface area contributed by atoms with E-state index in [2.05, 4.69) is 26.8 Å². The summed E-state index contributed by atoms with van der Waals surface area (Å²) in [6.07, 6.45) is 7.89. The third-order valence-electron chi connectivity index (χ3n) is 5.79. The Kier molecular flexibility index (Phi) is 5.03. The van der Waals surface area contributed by atoms with E-state index in [0.29, 0.717) is 23.5 Å². The van der Waals surface area contributed by atoms with Crippen molar-refractivity contribution in [1.29, 1.82) is 0 Å². The zero-order valence-electron chi connectivity index (χ0n) is 15.5. The lowest BCUT2D eigenvalue weighted by atomic mass is 9.79. The molecule has 1 N–H and O–H groups in total. The highest BCUT2D eigenvalue weighted by atomic mass is 16.5. The molecule has 0 saturated carbocycles. The SMILES string of the molecule is CC(C)C1=C2CCC(COC(=O)c3ccc(O)cc3)=CC[C@]2(C)CC1. The van der Waals surface area contributed by atoms with Gasteiger partial charge in [0.15, 0.2) is 0 Å². The van der Waals surface area contributed by atoms with E-state index in [1.807, 2.05) is 0 Å². The first-order chi connectivity index (χ1) is 11.9. The normalized spacial score (nSPS) is 23.3. The molecule has 0 radical (unpaired) electrons. The molecule has 2 aliphatic rings. The van der Waals surface area contributed by atoms with Crippen molar-refractivity contribution >= 4 is 5.97 Å². The van der Waals surface area contributed by atoms with Crippen molar-refractivity contribution in [3.8, 4) is 5.75 Å². The third-order valence-corrected chi connectivity index (χ3v) is 5.79. The molecular weight excluding hydrogens is 312 g/mol. The Morgan fingerprint density at radius 3 is 2.60 bits per heavy atom. The van der Waals surface area contributed by atoms with Crippen LogP contribution in [0.4, 0.5) is 0 Å². The molecule has 0 spiro atoms. The van der Waals surface area contributed by atoms with Gasteiger partial charge < -0.3 is 9.84 Å². The second-order valence-corrected chi connectivity index (χ2v) is 7.91. The summed E-state index contributed by atoms with van der Waals surface area (Å²) in [7, 11) is 0. The molecule has 1 aromatic rings. The van der Waals surface area contributed by atoms with Crippen molar-refractivity contribution < 1.29 is 14.6 Å². The van der Waals surface area contributed by atoms with Crippen LogP contribution in [-0.4, -0.2) is 17.7 Å². The summed E-state index contributed by atoms with van der Waals surface area (Å²) in [6.45, 7) is 7.35. The molecule has 2 aliphatic carbocycles. The minimum atomic E-state index is -0.335. The number of hydrogen-bond donors (Lipinski definition) is 1. The molecule has 134 valence electrons. The largest absolute Gasteiger partial charge is 0.508 e. The molecule has 0 aromatic heterocycles. The van der Waals surface area contributed by atoms with Gasteiger partial charge in [0.25, 0.3) is 0 Å². The van der Waals surface area contributed by atoms with Gasteiger partial charge in [-0.15, -0.1) is 0 Å². The Morgan fingerprint density at radius 2 is 1.92 bits per heavy atom. The lowest BCUT2D eigenvalue weighted by Gasteiger charge is -2.26. The zero-order valence-corrected chi connectivity index (χ0v) is 15.5. The number of allylic oxidation sites excluding steroid dienone is 3. The summed E-state index contributed by atoms with van der Waals surface area (Å²) in [6, 6.07) is 6.18. The number of hydrogen-bond acceptors (Lipinski definition) is 3. The number of esters is 1. The summed E-state index contributed by atoms with van der Waals surface area (Å²) in [5.41, 5.74) is 5.29. The van der Waals surface area contributed by atoms with Crippen LogP contribution in [0.2, 0.25) is 0 Å². The minimum Gasteiger partial charge on any atom is -0.508 e. The predicted molar refractivity (Wildman–Crippen MR) is 99.5 cm³/mol. The first-order valence-corrected chi connectivity index (χ1v) is 9.25. The Morgan fingerprint density at radius 1 is 1.20 bits per heavy atom. The number of phenolic OH excluding ortho intramolecular Hbond substituents is 1. The topological polar surface area (TPSA) is 46.5 Å². The summed E-state index contributed by atoms with van der Waals surface area (Å²) < 4.78 is 5.49. The van der Waals surface area contributed by atoms with Crippen molar-refractivity contribution in [2.75, 3.05) is 6.61 Å². The molecule has 0 amide bonds. The molecule has 3 rings (SSSR count). The number of rotatable bonds is 4.